The van der Waals surface area contributed by atoms with E-state index in [1.165, 1.54) is 79.7 Å². The first kappa shape index (κ1) is 21.5. The van der Waals surface area contributed by atoms with Gasteiger partial charge in [0.15, 0.2) is 0 Å². The van der Waals surface area contributed by atoms with Gasteiger partial charge in [0, 0.05) is 0 Å². The molecule has 0 heterocycles. The monoisotopic (exact) mass is 480 g/mol. The molecule has 0 fully saturated rings. The van der Waals surface area contributed by atoms with E-state index in [0.29, 0.717) is 5.75 Å². The van der Waals surface area contributed by atoms with Crippen molar-refractivity contribution in [2.75, 3.05) is 0 Å². The Hall–Kier alpha value is -0.813. The Morgan fingerprint density at radius 2 is 1.58 bits per heavy atom. The molecule has 0 spiro atoms. The zero-order chi connectivity index (χ0) is 18.6. The quantitative estimate of drug-likeness (QED) is 0.153. The highest BCUT2D eigenvalue weighted by Gasteiger charge is 2.07. The van der Waals surface area contributed by atoms with Crippen molar-refractivity contribution in [2.45, 2.75) is 70.8 Å². The summed E-state index contributed by atoms with van der Waals surface area (Å²) in [5.74, 6) is 0.384. The van der Waals surface area contributed by atoms with Gasteiger partial charge in [-0.3, -0.25) is 0 Å². The van der Waals surface area contributed by atoms with Crippen LogP contribution in [-0.2, 0) is 12.8 Å². The zero-order valence-corrected chi connectivity index (χ0v) is 19.7. The maximum atomic E-state index is 9.87. The van der Waals surface area contributed by atoms with Gasteiger partial charge in [0.2, 0.25) is 0 Å². The minimum Gasteiger partial charge on any atom is -0.508 e. The van der Waals surface area contributed by atoms with Crippen molar-refractivity contribution in [3.63, 3.8) is 0 Å². The average Bonchev–Trinajstić information content (AvgIpc) is 2.66. The second kappa shape index (κ2) is 12.6. The second-order valence-corrected chi connectivity index (χ2v) is 11.5. The van der Waals surface area contributed by atoms with Crippen molar-refractivity contribution >= 4 is 28.8 Å². The van der Waals surface area contributed by atoms with Crippen LogP contribution in [0.1, 0.15) is 63.0 Å². The van der Waals surface area contributed by atoms with E-state index >= 15 is 0 Å². The molecule has 0 radical (unpaired) electrons. The number of phenolic OH excluding ortho intramolecular Hbond substituents is 1. The van der Waals surface area contributed by atoms with Gasteiger partial charge in [0.25, 0.3) is 0 Å². The normalized spacial score (nSPS) is 11.5. The Balaban J connectivity index is 1.95. The molecule has 0 saturated heterocycles. The van der Waals surface area contributed by atoms with Gasteiger partial charge in [-0.1, -0.05) is 81.8 Å². The maximum absolute atomic E-state index is 9.87. The van der Waals surface area contributed by atoms with E-state index in [1.807, 2.05) is 12.1 Å². The topological polar surface area (TPSA) is 20.2 Å². The summed E-state index contributed by atoms with van der Waals surface area (Å²) >= 11 is 2.57. The minimum absolute atomic E-state index is 0.0998. The van der Waals surface area contributed by atoms with Crippen molar-refractivity contribution in [2.24, 2.45) is 0 Å². The van der Waals surface area contributed by atoms with Crippen LogP contribution in [-0.4, -0.2) is 12.1 Å². The summed E-state index contributed by atoms with van der Waals surface area (Å²) < 4.78 is 0. The first-order valence-corrected chi connectivity index (χ1v) is 16.3. The van der Waals surface area contributed by atoms with Gasteiger partial charge in [-0.05, 0) is 53.6 Å². The lowest BCUT2D eigenvalue weighted by Crippen LogP contribution is -1.92. The average molecular weight is 481 g/mol. The number of unbranched alkanes of at least 4 members (excludes halogenated alkanes) is 5. The van der Waals surface area contributed by atoms with Crippen molar-refractivity contribution in [1.29, 1.82) is 0 Å². The Morgan fingerprint density at radius 1 is 0.846 bits per heavy atom. The van der Waals surface area contributed by atoms with Gasteiger partial charge in [0.05, 0.1) is 7.02 Å². The third-order valence-corrected chi connectivity index (χ3v) is 8.06. The van der Waals surface area contributed by atoms with Gasteiger partial charge in [-0.25, -0.2) is 0 Å². The Bertz CT molecular complexity index is 639. The molecule has 0 aliphatic rings. The summed E-state index contributed by atoms with van der Waals surface area (Å²) in [4.78, 5) is 0. The SMILES string of the molecule is CCCCCCCCc1ccc(-c2ccc(O)cc2CCC[SiH2]I)cc1. The van der Waals surface area contributed by atoms with E-state index in [9.17, 15) is 5.11 Å². The van der Waals surface area contributed by atoms with E-state index in [1.54, 1.807) is 0 Å². The van der Waals surface area contributed by atoms with Crippen LogP contribution in [0, 0.1) is 0 Å². The van der Waals surface area contributed by atoms with Crippen LogP contribution in [0.3, 0.4) is 0 Å². The third-order valence-electron chi connectivity index (χ3n) is 5.00. The predicted octanol–water partition coefficient (Wildman–Crippen LogP) is 6.83. The summed E-state index contributed by atoms with van der Waals surface area (Å²) in [7, 11) is 0.0998. The lowest BCUT2D eigenvalue weighted by atomic mass is 9.95. The molecule has 1 N–H and O–H groups in total. The molecule has 0 aromatic heterocycles. The summed E-state index contributed by atoms with van der Waals surface area (Å²) in [5, 5.41) is 9.87. The van der Waals surface area contributed by atoms with Gasteiger partial charge >= 0.3 is 0 Å². The maximum Gasteiger partial charge on any atom is 0.115 e. The summed E-state index contributed by atoms with van der Waals surface area (Å²) in [6.45, 7) is 2.27. The van der Waals surface area contributed by atoms with Crippen molar-refractivity contribution in [1.82, 2.24) is 0 Å². The molecule has 2 aromatic carbocycles. The van der Waals surface area contributed by atoms with Crippen LogP contribution in [0.25, 0.3) is 11.1 Å². The number of halogens is 1. The second-order valence-electron chi connectivity index (χ2n) is 7.20. The lowest BCUT2D eigenvalue weighted by Gasteiger charge is -2.11. The molecule has 0 amide bonds. The van der Waals surface area contributed by atoms with Crippen LogP contribution in [0.2, 0.25) is 6.04 Å². The number of aryl methyl sites for hydroxylation is 2. The van der Waals surface area contributed by atoms with E-state index in [4.69, 9.17) is 0 Å². The number of phenols is 1. The largest absolute Gasteiger partial charge is 0.508 e. The molecule has 3 heteroatoms. The molecule has 0 bridgehead atoms. The Morgan fingerprint density at radius 3 is 2.31 bits per heavy atom. The lowest BCUT2D eigenvalue weighted by molar-refractivity contribution is 0.474. The van der Waals surface area contributed by atoms with Crippen LogP contribution < -0.4 is 0 Å². The Kier molecular flexibility index (Phi) is 10.4. The number of hydrogen-bond donors (Lipinski definition) is 1. The molecular weight excluding hydrogens is 447 g/mol. The number of hydrogen-bond acceptors (Lipinski definition) is 1. The molecular formula is C23H33IOSi. The van der Waals surface area contributed by atoms with Crippen molar-refractivity contribution in [3.05, 3.63) is 53.6 Å². The van der Waals surface area contributed by atoms with Crippen LogP contribution in [0.4, 0.5) is 0 Å². The Labute approximate surface area is 174 Å². The summed E-state index contributed by atoms with van der Waals surface area (Å²) in [6, 6.07) is 16.3. The number of benzene rings is 2. The van der Waals surface area contributed by atoms with Gasteiger partial charge in [-0.15, -0.1) is 21.8 Å². The highest BCUT2D eigenvalue weighted by molar-refractivity contribution is 14.1. The van der Waals surface area contributed by atoms with Crippen LogP contribution in [0.5, 0.6) is 5.75 Å². The zero-order valence-electron chi connectivity index (χ0n) is 16.1. The molecule has 0 saturated carbocycles. The standard InChI is InChI=1S/C23H33IOSi/c1-2-3-4-5-6-7-9-19-11-13-20(14-12-19)23-16-15-22(25)18-21(23)10-8-17-26-24/h11-16,18,25H,2-10,17,26H2,1H3. The fourth-order valence-corrected chi connectivity index (χ4v) is 5.50. The summed E-state index contributed by atoms with van der Waals surface area (Å²) in [5.41, 5.74) is 5.29. The predicted molar refractivity (Wildman–Crippen MR) is 126 cm³/mol. The molecule has 0 aliphatic carbocycles. The van der Waals surface area contributed by atoms with Gasteiger partial charge in [0.1, 0.15) is 5.75 Å². The molecule has 142 valence electrons. The fraction of sp³-hybridized carbons (Fsp3) is 0.478. The first-order chi connectivity index (χ1) is 12.7. The van der Waals surface area contributed by atoms with E-state index in [-0.39, 0.29) is 7.02 Å². The molecule has 2 aromatic rings. The first-order valence-electron chi connectivity index (χ1n) is 10.2. The van der Waals surface area contributed by atoms with Crippen molar-refractivity contribution < 1.29 is 5.11 Å². The molecule has 0 aliphatic heterocycles. The molecule has 0 atom stereocenters. The van der Waals surface area contributed by atoms with Gasteiger partial charge in [-0.2, -0.15) is 0 Å². The number of aromatic hydroxyl groups is 1. The highest BCUT2D eigenvalue weighted by Crippen LogP contribution is 2.29. The van der Waals surface area contributed by atoms with E-state index in [0.717, 1.165) is 6.42 Å². The van der Waals surface area contributed by atoms with Gasteiger partial charge < -0.3 is 5.11 Å². The van der Waals surface area contributed by atoms with Crippen LogP contribution in [0.15, 0.2) is 42.5 Å². The van der Waals surface area contributed by atoms with Crippen molar-refractivity contribution in [3.8, 4) is 16.9 Å². The number of rotatable bonds is 12. The third kappa shape index (κ3) is 7.43. The molecule has 2 rings (SSSR count). The molecule has 26 heavy (non-hydrogen) atoms. The summed E-state index contributed by atoms with van der Waals surface area (Å²) in [6.07, 6.45) is 11.6. The fourth-order valence-electron chi connectivity index (χ4n) is 3.44. The van der Waals surface area contributed by atoms with E-state index < -0.39 is 0 Å². The van der Waals surface area contributed by atoms with E-state index in [2.05, 4.69) is 59.1 Å². The highest BCUT2D eigenvalue weighted by atomic mass is 127. The molecule has 1 nitrogen and oxygen atoms in total. The minimum atomic E-state index is 0.0998. The molecule has 0 unspecified atom stereocenters. The smallest absolute Gasteiger partial charge is 0.115 e. The van der Waals surface area contributed by atoms with Crippen LogP contribution >= 0.6 is 21.8 Å².